The van der Waals surface area contributed by atoms with Crippen LogP contribution in [0.4, 0.5) is 5.82 Å². The minimum atomic E-state index is 0.388. The van der Waals surface area contributed by atoms with E-state index in [1.54, 1.807) is 17.4 Å². The van der Waals surface area contributed by atoms with E-state index in [1.165, 1.54) is 0 Å². The molecule has 0 radical (unpaired) electrons. The second kappa shape index (κ2) is 4.55. The molecule has 0 atom stereocenters. The number of nitrogen functional groups attached to an aromatic ring is 1. The van der Waals surface area contributed by atoms with Crippen molar-refractivity contribution in [3.63, 3.8) is 0 Å². The number of nitrogens with zero attached hydrogens (tertiary/aromatic N) is 3. The van der Waals surface area contributed by atoms with Crippen LogP contribution in [0.3, 0.4) is 0 Å². The molecule has 3 rings (SSSR count). The van der Waals surface area contributed by atoms with Crippen LogP contribution in [0.25, 0.3) is 21.0 Å². The number of aromatic nitrogens is 3. The summed E-state index contributed by atoms with van der Waals surface area (Å²) in [5.74, 6) is 0.388. The SMILES string of the molecule is N#Cc1cccc(-c2ccc(-c3n[nH]nc3N)s2)c1. The molecule has 0 unspecified atom stereocenters. The minimum Gasteiger partial charge on any atom is -0.380 e. The van der Waals surface area contributed by atoms with Crippen molar-refractivity contribution in [2.45, 2.75) is 0 Å². The molecular weight excluding hydrogens is 258 g/mol. The van der Waals surface area contributed by atoms with Crippen molar-refractivity contribution in [1.29, 1.82) is 5.26 Å². The maximum atomic E-state index is 8.92. The number of H-pyrrole nitrogens is 1. The highest BCUT2D eigenvalue weighted by molar-refractivity contribution is 7.18. The number of nitrogens with one attached hydrogen (secondary N) is 1. The van der Waals surface area contributed by atoms with Gasteiger partial charge < -0.3 is 5.73 Å². The highest BCUT2D eigenvalue weighted by atomic mass is 32.1. The van der Waals surface area contributed by atoms with Crippen molar-refractivity contribution in [3.8, 4) is 27.1 Å². The summed E-state index contributed by atoms with van der Waals surface area (Å²) in [6, 6.07) is 13.6. The van der Waals surface area contributed by atoms with Gasteiger partial charge in [0.1, 0.15) is 5.69 Å². The number of benzene rings is 1. The molecule has 19 heavy (non-hydrogen) atoms. The van der Waals surface area contributed by atoms with E-state index >= 15 is 0 Å². The van der Waals surface area contributed by atoms with Crippen LogP contribution in [0.2, 0.25) is 0 Å². The second-order valence-corrected chi connectivity index (χ2v) is 5.00. The van der Waals surface area contributed by atoms with Crippen molar-refractivity contribution in [2.75, 3.05) is 5.73 Å². The van der Waals surface area contributed by atoms with Gasteiger partial charge in [0, 0.05) is 4.88 Å². The van der Waals surface area contributed by atoms with Crippen LogP contribution in [-0.2, 0) is 0 Å². The fourth-order valence-electron chi connectivity index (χ4n) is 1.78. The predicted molar refractivity (Wildman–Crippen MR) is 74.3 cm³/mol. The predicted octanol–water partition coefficient (Wildman–Crippen LogP) is 2.65. The average molecular weight is 267 g/mol. The van der Waals surface area contributed by atoms with Gasteiger partial charge in [0.2, 0.25) is 0 Å². The van der Waals surface area contributed by atoms with E-state index in [-0.39, 0.29) is 0 Å². The lowest BCUT2D eigenvalue weighted by Crippen LogP contribution is -1.86. The van der Waals surface area contributed by atoms with Crippen molar-refractivity contribution in [3.05, 3.63) is 42.0 Å². The molecule has 0 aliphatic carbocycles. The molecule has 0 amide bonds. The summed E-state index contributed by atoms with van der Waals surface area (Å²) in [4.78, 5) is 2.01. The smallest absolute Gasteiger partial charge is 0.174 e. The number of nitrogens with two attached hydrogens (primary N) is 1. The minimum absolute atomic E-state index is 0.388. The van der Waals surface area contributed by atoms with Gasteiger partial charge in [-0.05, 0) is 29.8 Å². The summed E-state index contributed by atoms with van der Waals surface area (Å²) in [5, 5.41) is 19.2. The highest BCUT2D eigenvalue weighted by Crippen LogP contribution is 2.35. The summed E-state index contributed by atoms with van der Waals surface area (Å²) < 4.78 is 0. The molecule has 0 saturated heterocycles. The molecule has 3 aromatic rings. The van der Waals surface area contributed by atoms with Gasteiger partial charge in [-0.2, -0.15) is 15.6 Å². The first kappa shape index (κ1) is 11.4. The van der Waals surface area contributed by atoms with E-state index in [1.807, 2.05) is 30.3 Å². The first-order valence-corrected chi connectivity index (χ1v) is 6.36. The maximum absolute atomic E-state index is 8.92. The summed E-state index contributed by atoms with van der Waals surface area (Å²) in [6.45, 7) is 0. The molecule has 0 saturated carbocycles. The third-order valence-electron chi connectivity index (χ3n) is 2.69. The van der Waals surface area contributed by atoms with Gasteiger partial charge in [-0.1, -0.05) is 12.1 Å². The standard InChI is InChI=1S/C13H9N5S/c14-7-8-2-1-3-9(6-8)10-4-5-11(19-10)12-13(15)17-18-16-12/h1-6H,(H3,15,16,17,18). The summed E-state index contributed by atoms with van der Waals surface area (Å²) in [5.41, 5.74) is 8.04. The number of rotatable bonds is 2. The molecule has 0 bridgehead atoms. The third kappa shape index (κ3) is 2.07. The molecule has 6 heteroatoms. The number of thiophene rings is 1. The Labute approximate surface area is 113 Å². The van der Waals surface area contributed by atoms with E-state index in [2.05, 4.69) is 21.5 Å². The Bertz CT molecular complexity index is 765. The van der Waals surface area contributed by atoms with Gasteiger partial charge in [0.15, 0.2) is 5.82 Å². The molecule has 0 aliphatic heterocycles. The third-order valence-corrected chi connectivity index (χ3v) is 3.83. The van der Waals surface area contributed by atoms with E-state index < -0.39 is 0 Å². The van der Waals surface area contributed by atoms with Crippen molar-refractivity contribution in [1.82, 2.24) is 15.4 Å². The van der Waals surface area contributed by atoms with E-state index in [9.17, 15) is 0 Å². The molecule has 1 aromatic carbocycles. The van der Waals surface area contributed by atoms with Gasteiger partial charge in [-0.25, -0.2) is 0 Å². The topological polar surface area (TPSA) is 91.4 Å². The number of aromatic amines is 1. The second-order valence-electron chi connectivity index (χ2n) is 3.91. The zero-order valence-electron chi connectivity index (χ0n) is 9.79. The Kier molecular flexibility index (Phi) is 2.74. The number of hydrogen-bond acceptors (Lipinski definition) is 5. The maximum Gasteiger partial charge on any atom is 0.174 e. The lowest BCUT2D eigenvalue weighted by molar-refractivity contribution is 0.946. The lowest BCUT2D eigenvalue weighted by atomic mass is 10.1. The first-order chi connectivity index (χ1) is 9.28. The largest absolute Gasteiger partial charge is 0.380 e. The van der Waals surface area contributed by atoms with Crippen LogP contribution < -0.4 is 5.73 Å². The van der Waals surface area contributed by atoms with Crippen LogP contribution in [0, 0.1) is 11.3 Å². The fraction of sp³-hybridized carbons (Fsp3) is 0. The highest BCUT2D eigenvalue weighted by Gasteiger charge is 2.11. The van der Waals surface area contributed by atoms with E-state index in [0.717, 1.165) is 15.3 Å². The van der Waals surface area contributed by atoms with Crippen LogP contribution in [0.5, 0.6) is 0 Å². The first-order valence-electron chi connectivity index (χ1n) is 5.55. The molecule has 5 nitrogen and oxygen atoms in total. The molecule has 2 aromatic heterocycles. The van der Waals surface area contributed by atoms with Gasteiger partial charge in [-0.15, -0.1) is 16.4 Å². The summed E-state index contributed by atoms with van der Waals surface area (Å²) >= 11 is 1.57. The average Bonchev–Trinajstić information content (AvgIpc) is 3.07. The monoisotopic (exact) mass is 267 g/mol. The van der Waals surface area contributed by atoms with Gasteiger partial charge in [-0.3, -0.25) is 0 Å². The van der Waals surface area contributed by atoms with Crippen LogP contribution in [0.1, 0.15) is 5.56 Å². The van der Waals surface area contributed by atoms with Gasteiger partial charge in [0.05, 0.1) is 16.5 Å². The van der Waals surface area contributed by atoms with Crippen LogP contribution in [-0.4, -0.2) is 15.4 Å². The molecule has 0 fully saturated rings. The fourth-order valence-corrected chi connectivity index (χ4v) is 2.78. The van der Waals surface area contributed by atoms with Crippen LogP contribution >= 0.6 is 11.3 Å². The Morgan fingerprint density at radius 3 is 2.74 bits per heavy atom. The Balaban J connectivity index is 2.02. The number of nitriles is 1. The van der Waals surface area contributed by atoms with Gasteiger partial charge in [0.25, 0.3) is 0 Å². The lowest BCUT2D eigenvalue weighted by Gasteiger charge is -1.97. The van der Waals surface area contributed by atoms with Crippen molar-refractivity contribution in [2.24, 2.45) is 0 Å². The molecular formula is C13H9N5S. The molecule has 3 N–H and O–H groups in total. The molecule has 0 aliphatic rings. The Morgan fingerprint density at radius 1 is 1.16 bits per heavy atom. The molecule has 2 heterocycles. The van der Waals surface area contributed by atoms with Crippen molar-refractivity contribution >= 4 is 17.2 Å². The zero-order chi connectivity index (χ0) is 13.2. The molecule has 92 valence electrons. The van der Waals surface area contributed by atoms with E-state index in [4.69, 9.17) is 11.0 Å². The number of hydrogen-bond donors (Lipinski definition) is 2. The van der Waals surface area contributed by atoms with Crippen LogP contribution in [0.15, 0.2) is 36.4 Å². The number of anilines is 1. The Morgan fingerprint density at radius 2 is 2.00 bits per heavy atom. The molecule has 0 spiro atoms. The normalized spacial score (nSPS) is 10.3. The quantitative estimate of drug-likeness (QED) is 0.746. The zero-order valence-corrected chi connectivity index (χ0v) is 10.6. The van der Waals surface area contributed by atoms with Crippen molar-refractivity contribution < 1.29 is 0 Å². The summed E-state index contributed by atoms with van der Waals surface area (Å²) in [7, 11) is 0. The van der Waals surface area contributed by atoms with Gasteiger partial charge >= 0.3 is 0 Å². The summed E-state index contributed by atoms with van der Waals surface area (Å²) in [6.07, 6.45) is 0. The Hall–Kier alpha value is -2.65. The van der Waals surface area contributed by atoms with E-state index in [0.29, 0.717) is 17.1 Å².